The summed E-state index contributed by atoms with van der Waals surface area (Å²) in [6.07, 6.45) is 4.06. The first-order valence-electron chi connectivity index (χ1n) is 12.1. The molecule has 0 radical (unpaired) electrons. The van der Waals surface area contributed by atoms with E-state index in [1.807, 2.05) is 36.1 Å². The fraction of sp³-hybridized carbons (Fsp3) is 0.577. The van der Waals surface area contributed by atoms with Gasteiger partial charge in [-0.05, 0) is 62.9 Å². The third-order valence-electron chi connectivity index (χ3n) is 7.02. The second-order valence-electron chi connectivity index (χ2n) is 10.0. The van der Waals surface area contributed by atoms with Crippen LogP contribution in [0.4, 0.5) is 4.79 Å². The van der Waals surface area contributed by atoms with Gasteiger partial charge >= 0.3 is 6.03 Å². The molecule has 7 nitrogen and oxygen atoms in total. The Kier molecular flexibility index (Phi) is 6.88. The van der Waals surface area contributed by atoms with Crippen molar-refractivity contribution >= 4 is 11.9 Å². The first kappa shape index (κ1) is 23.5. The maximum atomic E-state index is 13.7. The van der Waals surface area contributed by atoms with Gasteiger partial charge in [0.15, 0.2) is 0 Å². The largest absolute Gasteiger partial charge is 0.466 e. The van der Waals surface area contributed by atoms with Crippen molar-refractivity contribution in [3.63, 3.8) is 0 Å². The van der Waals surface area contributed by atoms with Gasteiger partial charge in [-0.25, -0.2) is 4.79 Å². The molecule has 7 heteroatoms. The summed E-state index contributed by atoms with van der Waals surface area (Å²) in [6, 6.07) is 9.50. The summed E-state index contributed by atoms with van der Waals surface area (Å²) < 4.78 is 5.78. The van der Waals surface area contributed by atoms with E-state index >= 15 is 0 Å². The van der Waals surface area contributed by atoms with Gasteiger partial charge in [0.05, 0.1) is 12.2 Å². The molecule has 33 heavy (non-hydrogen) atoms. The SMILES string of the molecule is Cc1ccc([C@H](C)CCN2CCC3(CC2)C(=O)N(Cc2ccccn2)C(=O)N3CC(C)C)o1. The lowest BCUT2D eigenvalue weighted by molar-refractivity contribution is -0.136. The summed E-state index contributed by atoms with van der Waals surface area (Å²) in [6.45, 7) is 11.8. The van der Waals surface area contributed by atoms with Crippen LogP contribution in [0.5, 0.6) is 0 Å². The number of likely N-dealkylation sites (tertiary alicyclic amines) is 1. The molecule has 0 aliphatic carbocycles. The molecule has 2 aliphatic rings. The molecule has 0 N–H and O–H groups in total. The van der Waals surface area contributed by atoms with Crippen LogP contribution in [-0.4, -0.2) is 63.3 Å². The van der Waals surface area contributed by atoms with E-state index in [0.717, 1.165) is 43.3 Å². The summed E-state index contributed by atoms with van der Waals surface area (Å²) in [5, 5.41) is 0. The fourth-order valence-corrected chi connectivity index (χ4v) is 5.06. The molecular formula is C26H36N4O3. The van der Waals surface area contributed by atoms with Crippen molar-refractivity contribution in [3.05, 3.63) is 53.7 Å². The summed E-state index contributed by atoms with van der Waals surface area (Å²) in [5.41, 5.74) is 0.0106. The molecule has 1 atom stereocenters. The van der Waals surface area contributed by atoms with Crippen molar-refractivity contribution in [1.29, 1.82) is 0 Å². The second-order valence-corrected chi connectivity index (χ2v) is 10.0. The number of hydrogen-bond acceptors (Lipinski definition) is 5. The molecular weight excluding hydrogens is 416 g/mol. The lowest BCUT2D eigenvalue weighted by Crippen LogP contribution is -2.57. The quantitative estimate of drug-likeness (QED) is 0.554. The van der Waals surface area contributed by atoms with Gasteiger partial charge in [0.2, 0.25) is 0 Å². The molecule has 0 bridgehead atoms. The minimum Gasteiger partial charge on any atom is -0.466 e. The number of imide groups is 1. The van der Waals surface area contributed by atoms with E-state index in [-0.39, 0.29) is 18.5 Å². The van der Waals surface area contributed by atoms with Crippen molar-refractivity contribution in [1.82, 2.24) is 19.7 Å². The number of piperidine rings is 1. The summed E-state index contributed by atoms with van der Waals surface area (Å²) >= 11 is 0. The maximum Gasteiger partial charge on any atom is 0.328 e. The minimum atomic E-state index is -0.726. The Bertz CT molecular complexity index is 963. The molecule has 2 aromatic heterocycles. The van der Waals surface area contributed by atoms with Crippen LogP contribution in [0, 0.1) is 12.8 Å². The summed E-state index contributed by atoms with van der Waals surface area (Å²) in [5.74, 6) is 2.57. The predicted octanol–water partition coefficient (Wildman–Crippen LogP) is 4.43. The molecule has 4 rings (SSSR count). The highest BCUT2D eigenvalue weighted by molar-refractivity contribution is 6.07. The molecule has 0 unspecified atom stereocenters. The van der Waals surface area contributed by atoms with Gasteiger partial charge < -0.3 is 14.2 Å². The highest BCUT2D eigenvalue weighted by Crippen LogP contribution is 2.38. The third-order valence-corrected chi connectivity index (χ3v) is 7.02. The van der Waals surface area contributed by atoms with Crippen molar-refractivity contribution in [2.45, 2.75) is 65.0 Å². The molecule has 178 valence electrons. The van der Waals surface area contributed by atoms with E-state index < -0.39 is 5.54 Å². The number of urea groups is 1. The number of carbonyl (C=O) groups excluding carboxylic acids is 2. The first-order chi connectivity index (χ1) is 15.8. The number of nitrogens with zero attached hydrogens (tertiary/aromatic N) is 4. The molecule has 4 heterocycles. The van der Waals surface area contributed by atoms with Crippen LogP contribution in [0.2, 0.25) is 0 Å². The molecule has 2 fully saturated rings. The fourth-order valence-electron chi connectivity index (χ4n) is 5.06. The number of aromatic nitrogens is 1. The standard InChI is InChI=1S/C26H36N4O3/c1-19(2)17-30-25(32)29(18-22-7-5-6-13-27-22)24(31)26(30)11-15-28(16-12-26)14-10-20(3)23-9-8-21(4)33-23/h5-9,13,19-20H,10-12,14-18H2,1-4H3/t20-/m1/s1. The summed E-state index contributed by atoms with van der Waals surface area (Å²) in [7, 11) is 0. The van der Waals surface area contributed by atoms with Gasteiger partial charge in [-0.2, -0.15) is 0 Å². The highest BCUT2D eigenvalue weighted by Gasteiger charge is 2.57. The van der Waals surface area contributed by atoms with Crippen LogP contribution in [-0.2, 0) is 11.3 Å². The van der Waals surface area contributed by atoms with Crippen molar-refractivity contribution < 1.29 is 14.0 Å². The smallest absolute Gasteiger partial charge is 0.328 e. The second kappa shape index (κ2) is 9.67. The van der Waals surface area contributed by atoms with Gasteiger partial charge in [0, 0.05) is 31.7 Å². The number of amides is 3. The number of hydrogen-bond donors (Lipinski definition) is 0. The van der Waals surface area contributed by atoms with Crippen LogP contribution in [0.25, 0.3) is 0 Å². The Morgan fingerprint density at radius 2 is 1.85 bits per heavy atom. The zero-order valence-corrected chi connectivity index (χ0v) is 20.3. The first-order valence-corrected chi connectivity index (χ1v) is 12.1. The molecule has 3 amide bonds. The Labute approximate surface area is 196 Å². The Morgan fingerprint density at radius 1 is 1.09 bits per heavy atom. The van der Waals surface area contributed by atoms with Crippen LogP contribution in [0.15, 0.2) is 40.9 Å². The van der Waals surface area contributed by atoms with E-state index in [4.69, 9.17) is 4.42 Å². The minimum absolute atomic E-state index is 0.0575. The molecule has 0 saturated carbocycles. The zero-order valence-electron chi connectivity index (χ0n) is 20.3. The van der Waals surface area contributed by atoms with E-state index in [2.05, 4.69) is 36.7 Å². The lowest BCUT2D eigenvalue weighted by Gasteiger charge is -2.43. The molecule has 2 aromatic rings. The molecule has 2 saturated heterocycles. The van der Waals surface area contributed by atoms with Gasteiger partial charge in [0.1, 0.15) is 17.1 Å². The normalized spacial score (nSPS) is 19.8. The monoisotopic (exact) mass is 452 g/mol. The van der Waals surface area contributed by atoms with Gasteiger partial charge in [0.25, 0.3) is 5.91 Å². The Hall–Kier alpha value is -2.67. The maximum absolute atomic E-state index is 13.7. The predicted molar refractivity (Wildman–Crippen MR) is 127 cm³/mol. The van der Waals surface area contributed by atoms with Gasteiger partial charge in [-0.1, -0.05) is 26.8 Å². The van der Waals surface area contributed by atoms with E-state index in [9.17, 15) is 9.59 Å². The molecule has 0 aromatic carbocycles. The van der Waals surface area contributed by atoms with Crippen LogP contribution < -0.4 is 0 Å². The number of carbonyl (C=O) groups is 2. The highest BCUT2D eigenvalue weighted by atomic mass is 16.3. The zero-order chi connectivity index (χ0) is 23.6. The molecule has 2 aliphatic heterocycles. The van der Waals surface area contributed by atoms with Gasteiger partial charge in [-0.3, -0.25) is 14.7 Å². The van der Waals surface area contributed by atoms with Gasteiger partial charge in [-0.15, -0.1) is 0 Å². The van der Waals surface area contributed by atoms with E-state index in [0.29, 0.717) is 31.2 Å². The van der Waals surface area contributed by atoms with Crippen molar-refractivity contribution in [3.8, 4) is 0 Å². The van der Waals surface area contributed by atoms with Crippen molar-refractivity contribution in [2.75, 3.05) is 26.2 Å². The van der Waals surface area contributed by atoms with E-state index in [1.165, 1.54) is 4.90 Å². The van der Waals surface area contributed by atoms with Crippen LogP contribution >= 0.6 is 0 Å². The molecule has 1 spiro atoms. The van der Waals surface area contributed by atoms with Crippen molar-refractivity contribution in [2.24, 2.45) is 5.92 Å². The average Bonchev–Trinajstić information content (AvgIpc) is 3.32. The van der Waals surface area contributed by atoms with Crippen LogP contribution in [0.3, 0.4) is 0 Å². The number of rotatable bonds is 8. The third kappa shape index (κ3) is 4.83. The van der Waals surface area contributed by atoms with E-state index in [1.54, 1.807) is 6.20 Å². The number of pyridine rings is 1. The lowest BCUT2D eigenvalue weighted by atomic mass is 9.85. The number of furan rings is 1. The van der Waals surface area contributed by atoms with Crippen LogP contribution in [0.1, 0.15) is 63.2 Å². The topological polar surface area (TPSA) is 69.9 Å². The average molecular weight is 453 g/mol. The number of aryl methyl sites for hydroxylation is 1. The summed E-state index contributed by atoms with van der Waals surface area (Å²) in [4.78, 5) is 37.0. The Morgan fingerprint density at radius 3 is 2.45 bits per heavy atom. The Balaban J connectivity index is 1.43.